The van der Waals surface area contributed by atoms with Gasteiger partial charge < -0.3 is 19.5 Å². The summed E-state index contributed by atoms with van der Waals surface area (Å²) in [5.74, 6) is 2.47. The van der Waals surface area contributed by atoms with Gasteiger partial charge in [-0.3, -0.25) is 9.52 Å². The molecule has 2 aromatic rings. The van der Waals surface area contributed by atoms with Crippen LogP contribution in [0.3, 0.4) is 0 Å². The van der Waals surface area contributed by atoms with E-state index in [0.29, 0.717) is 43.5 Å². The normalized spacial score (nSPS) is 34.0. The number of nitrogens with zero attached hydrogens (tertiary/aromatic N) is 1. The second kappa shape index (κ2) is 10.7. The molecule has 40 heavy (non-hydrogen) atoms. The molecule has 6 nitrogen and oxygen atoms in total. The lowest BCUT2D eigenvalue weighted by Gasteiger charge is -2.49. The van der Waals surface area contributed by atoms with Gasteiger partial charge in [-0.2, -0.15) is 0 Å². The van der Waals surface area contributed by atoms with Crippen LogP contribution in [-0.2, 0) is 16.6 Å². The number of nitrogens with one attached hydrogen (secondary N) is 1. The van der Waals surface area contributed by atoms with Crippen LogP contribution in [0.1, 0.15) is 72.9 Å². The van der Waals surface area contributed by atoms with E-state index in [0.717, 1.165) is 80.2 Å². The summed E-state index contributed by atoms with van der Waals surface area (Å²) in [5.41, 5.74) is 3.53. The molecule has 1 saturated heterocycles. The minimum Gasteiger partial charge on any atom is -0.490 e. The van der Waals surface area contributed by atoms with E-state index < -0.39 is 5.60 Å². The highest BCUT2D eigenvalue weighted by Gasteiger charge is 2.47. The number of fused-ring (bicyclic) bond motifs is 7. The Morgan fingerprint density at radius 2 is 2.02 bits per heavy atom. The number of hydrogen-bond acceptors (Lipinski definition) is 6. The number of carbonyl (C=O) groups excluding carboxylic acids is 1. The fraction of sp³-hybridized carbons (Fsp3) is 0.594. The molecule has 0 aromatic heterocycles. The van der Waals surface area contributed by atoms with E-state index in [9.17, 15) is 9.90 Å². The third-order valence-electron chi connectivity index (χ3n) is 10.2. The number of aryl methyl sites for hydroxylation is 1. The third kappa shape index (κ3) is 5.01. The summed E-state index contributed by atoms with van der Waals surface area (Å²) in [7, 11) is 0. The Labute approximate surface area is 246 Å². The molecule has 214 valence electrons. The summed E-state index contributed by atoms with van der Waals surface area (Å²) in [4.78, 5) is 15.7. The van der Waals surface area contributed by atoms with Crippen LogP contribution in [0.2, 0.25) is 5.02 Å². The van der Waals surface area contributed by atoms with Crippen LogP contribution in [0.5, 0.6) is 5.75 Å². The van der Waals surface area contributed by atoms with Gasteiger partial charge in [0.05, 0.1) is 24.0 Å². The number of rotatable bonds is 0. The standard InChI is InChI=1S/C32H39ClN2O4S/c33-24-6-8-26-21(15-24)3-1-10-31(26)19-35-18-23-4-7-25(23)29-17-32(37,12-13-38-29)11-2-14-40-34-30(36)22-5-9-28(39-20-31)27(35)16-22/h5-6,8-9,15-16,23,25,29,37H,1-4,7,10-14,17-20H2,(H,34,36)/t23-,25+,29-,31-,32+/m0/s1. The number of carbonyl (C=O) groups is 1. The topological polar surface area (TPSA) is 71.0 Å². The molecule has 2 aliphatic carbocycles. The van der Waals surface area contributed by atoms with Crippen LogP contribution >= 0.6 is 23.5 Å². The van der Waals surface area contributed by atoms with Crippen molar-refractivity contribution >= 4 is 35.1 Å². The SMILES string of the molecule is O=C1NSCCC[C@@]2(O)CCO[C@@H](C2)[C@@H]2CC[C@H]2CN2C[C@@]3(CCCc4cc(Cl)ccc43)COc3ccc1cc32. The molecular weight excluding hydrogens is 544 g/mol. The van der Waals surface area contributed by atoms with E-state index in [2.05, 4.69) is 21.8 Å². The molecule has 0 radical (unpaired) electrons. The fourth-order valence-corrected chi connectivity index (χ4v) is 8.77. The minimum absolute atomic E-state index is 0.0807. The van der Waals surface area contributed by atoms with Crippen LogP contribution in [0.4, 0.5) is 5.69 Å². The second-order valence-electron chi connectivity index (χ2n) is 12.8. The molecule has 7 rings (SSSR count). The number of halogens is 1. The lowest BCUT2D eigenvalue weighted by Crippen LogP contribution is -2.52. The van der Waals surface area contributed by atoms with Crippen molar-refractivity contribution in [2.75, 3.05) is 37.0 Å². The summed E-state index contributed by atoms with van der Waals surface area (Å²) in [5, 5.41) is 12.2. The first kappa shape index (κ1) is 26.9. The number of ether oxygens (including phenoxy) is 2. The summed E-state index contributed by atoms with van der Waals surface area (Å²) in [6.45, 7) is 2.97. The van der Waals surface area contributed by atoms with E-state index in [1.54, 1.807) is 0 Å². The van der Waals surface area contributed by atoms with Crippen molar-refractivity contribution in [2.45, 2.75) is 74.9 Å². The van der Waals surface area contributed by atoms with Crippen molar-refractivity contribution in [3.63, 3.8) is 0 Å². The second-order valence-corrected chi connectivity index (χ2v) is 14.1. The van der Waals surface area contributed by atoms with Gasteiger partial charge in [-0.1, -0.05) is 29.6 Å². The van der Waals surface area contributed by atoms with Gasteiger partial charge in [0.25, 0.3) is 5.91 Å². The molecule has 3 heterocycles. The molecule has 8 heteroatoms. The summed E-state index contributed by atoms with van der Waals surface area (Å²) < 4.78 is 16.0. The molecule has 2 fully saturated rings. The Morgan fingerprint density at radius 1 is 1.10 bits per heavy atom. The van der Waals surface area contributed by atoms with Crippen LogP contribution in [0.15, 0.2) is 36.4 Å². The Hall–Kier alpha value is -1.93. The highest BCUT2D eigenvalue weighted by molar-refractivity contribution is 7.97. The summed E-state index contributed by atoms with van der Waals surface area (Å²) >= 11 is 7.85. The highest BCUT2D eigenvalue weighted by Crippen LogP contribution is 2.48. The molecule has 1 spiro atoms. The van der Waals surface area contributed by atoms with Gasteiger partial charge in [0.15, 0.2) is 0 Å². The van der Waals surface area contributed by atoms with Crippen molar-refractivity contribution in [1.82, 2.24) is 4.72 Å². The maximum Gasteiger partial charge on any atom is 0.261 e. The number of anilines is 1. The largest absolute Gasteiger partial charge is 0.490 e. The Kier molecular flexibility index (Phi) is 7.22. The Bertz CT molecular complexity index is 1290. The first-order valence-corrected chi connectivity index (χ1v) is 16.3. The first-order valence-electron chi connectivity index (χ1n) is 15.0. The molecule has 1 amide bonds. The van der Waals surface area contributed by atoms with Crippen LogP contribution < -0.4 is 14.4 Å². The smallest absolute Gasteiger partial charge is 0.261 e. The Morgan fingerprint density at radius 3 is 2.90 bits per heavy atom. The van der Waals surface area contributed by atoms with E-state index in [1.165, 1.54) is 23.1 Å². The van der Waals surface area contributed by atoms with E-state index in [1.807, 2.05) is 24.3 Å². The molecule has 5 aliphatic rings. The van der Waals surface area contributed by atoms with Gasteiger partial charge in [-0.05, 0) is 105 Å². The summed E-state index contributed by atoms with van der Waals surface area (Å²) in [6.07, 6.45) is 8.64. The monoisotopic (exact) mass is 582 g/mol. The third-order valence-corrected chi connectivity index (χ3v) is 11.3. The molecule has 4 bridgehead atoms. The highest BCUT2D eigenvalue weighted by atomic mass is 35.5. The van der Waals surface area contributed by atoms with Gasteiger partial charge in [-0.15, -0.1) is 0 Å². The van der Waals surface area contributed by atoms with Gasteiger partial charge in [-0.25, -0.2) is 0 Å². The van der Waals surface area contributed by atoms with Crippen LogP contribution in [0, 0.1) is 11.8 Å². The lowest BCUT2D eigenvalue weighted by atomic mass is 9.66. The van der Waals surface area contributed by atoms with Gasteiger partial charge in [0.2, 0.25) is 0 Å². The fourth-order valence-electron chi connectivity index (χ4n) is 7.94. The van der Waals surface area contributed by atoms with Crippen molar-refractivity contribution in [1.29, 1.82) is 0 Å². The zero-order valence-electron chi connectivity index (χ0n) is 23.0. The van der Waals surface area contributed by atoms with Gasteiger partial charge in [0.1, 0.15) is 5.75 Å². The van der Waals surface area contributed by atoms with Crippen LogP contribution in [0.25, 0.3) is 0 Å². The van der Waals surface area contributed by atoms with E-state index in [4.69, 9.17) is 21.1 Å². The van der Waals surface area contributed by atoms with E-state index in [-0.39, 0.29) is 17.4 Å². The van der Waals surface area contributed by atoms with Gasteiger partial charge >= 0.3 is 0 Å². The Balaban J connectivity index is 1.26. The van der Waals surface area contributed by atoms with Crippen molar-refractivity contribution in [3.05, 3.63) is 58.1 Å². The zero-order valence-corrected chi connectivity index (χ0v) is 24.6. The molecule has 5 atom stereocenters. The van der Waals surface area contributed by atoms with Gasteiger partial charge in [0, 0.05) is 47.9 Å². The number of amides is 1. The number of hydrogen-bond donors (Lipinski definition) is 2. The van der Waals surface area contributed by atoms with Crippen molar-refractivity contribution in [2.24, 2.45) is 11.8 Å². The molecule has 0 unspecified atom stereocenters. The van der Waals surface area contributed by atoms with Crippen molar-refractivity contribution < 1.29 is 19.4 Å². The average molecular weight is 583 g/mol. The maximum atomic E-state index is 13.2. The molecular formula is C32H39ClN2O4S. The molecule has 2 N–H and O–H groups in total. The molecule has 2 aromatic carbocycles. The predicted molar refractivity (Wildman–Crippen MR) is 160 cm³/mol. The van der Waals surface area contributed by atoms with Crippen molar-refractivity contribution in [3.8, 4) is 5.75 Å². The van der Waals surface area contributed by atoms with Crippen LogP contribution in [-0.4, -0.2) is 54.8 Å². The molecule has 1 saturated carbocycles. The predicted octanol–water partition coefficient (Wildman–Crippen LogP) is 5.92. The number of benzene rings is 2. The van der Waals surface area contributed by atoms with E-state index >= 15 is 0 Å². The zero-order chi connectivity index (χ0) is 27.3. The maximum absolute atomic E-state index is 13.2. The quantitative estimate of drug-likeness (QED) is 0.376. The number of aliphatic hydroxyl groups is 1. The minimum atomic E-state index is -0.671. The lowest BCUT2D eigenvalue weighted by molar-refractivity contribution is -0.144. The first-order chi connectivity index (χ1) is 19.4. The summed E-state index contributed by atoms with van der Waals surface area (Å²) in [6, 6.07) is 12.3. The average Bonchev–Trinajstić information content (AvgIpc) is 3.07. The molecule has 3 aliphatic heterocycles.